The monoisotopic (exact) mass is 352 g/mol. The third-order valence-corrected chi connectivity index (χ3v) is 4.75. The minimum atomic E-state index is -0.445. The first-order valence-corrected chi connectivity index (χ1v) is 8.52. The number of ketones is 1. The van der Waals surface area contributed by atoms with Gasteiger partial charge in [0.15, 0.2) is 0 Å². The molecular formula is C19H17FN4O2. The Kier molecular flexibility index (Phi) is 4.20. The number of imidazole rings is 1. The molecule has 2 heterocycles. The highest BCUT2D eigenvalue weighted by atomic mass is 19.1. The summed E-state index contributed by atoms with van der Waals surface area (Å²) in [7, 11) is 0. The van der Waals surface area contributed by atoms with Crippen molar-refractivity contribution in [3.05, 3.63) is 59.2 Å². The number of benzene rings is 1. The highest BCUT2D eigenvalue weighted by Gasteiger charge is 2.25. The van der Waals surface area contributed by atoms with Crippen molar-refractivity contribution >= 4 is 5.78 Å². The van der Waals surface area contributed by atoms with Gasteiger partial charge in [-0.2, -0.15) is 0 Å². The first-order chi connectivity index (χ1) is 12.6. The molecule has 1 saturated carbocycles. The molecule has 132 valence electrons. The number of Topliss-reactive ketones (excluding diaryl/α,β-unsaturated/α-hetero) is 1. The lowest BCUT2D eigenvalue weighted by atomic mass is 9.93. The summed E-state index contributed by atoms with van der Waals surface area (Å²) in [6, 6.07) is 7.93. The second-order valence-corrected chi connectivity index (χ2v) is 6.41. The lowest BCUT2D eigenvalue weighted by Gasteiger charge is -2.24. The van der Waals surface area contributed by atoms with Crippen LogP contribution in [0.2, 0.25) is 0 Å². The smallest absolute Gasteiger partial charge is 0.326 e. The Morgan fingerprint density at radius 1 is 1.04 bits per heavy atom. The van der Waals surface area contributed by atoms with Crippen LogP contribution in [0.5, 0.6) is 0 Å². The topological polar surface area (TPSA) is 80.6 Å². The molecule has 7 heteroatoms. The van der Waals surface area contributed by atoms with E-state index in [1.165, 1.54) is 18.3 Å². The molecule has 1 N–H and O–H groups in total. The SMILES string of the molecule is O=C1CCC(n2cnc(-c3ccc(F)cc3)c2-c2ccnc(=O)[nH]2)CC1. The molecule has 0 saturated heterocycles. The summed E-state index contributed by atoms with van der Waals surface area (Å²) in [6.07, 6.45) is 5.74. The van der Waals surface area contributed by atoms with E-state index in [4.69, 9.17) is 0 Å². The van der Waals surface area contributed by atoms with Crippen molar-refractivity contribution < 1.29 is 9.18 Å². The van der Waals surface area contributed by atoms with Gasteiger partial charge in [-0.1, -0.05) is 0 Å². The van der Waals surface area contributed by atoms with Crippen LogP contribution in [0.15, 0.2) is 47.7 Å². The summed E-state index contributed by atoms with van der Waals surface area (Å²) in [5.41, 5.74) is 2.31. The number of nitrogens with one attached hydrogen (secondary N) is 1. The van der Waals surface area contributed by atoms with Crippen LogP contribution in [0.4, 0.5) is 4.39 Å². The second kappa shape index (κ2) is 6.67. The molecule has 1 aliphatic carbocycles. The summed E-state index contributed by atoms with van der Waals surface area (Å²) in [6.45, 7) is 0. The molecule has 0 radical (unpaired) electrons. The number of hydrogen-bond acceptors (Lipinski definition) is 4. The van der Waals surface area contributed by atoms with E-state index in [2.05, 4.69) is 15.0 Å². The van der Waals surface area contributed by atoms with Crippen LogP contribution in [0.25, 0.3) is 22.6 Å². The van der Waals surface area contributed by atoms with Crippen molar-refractivity contribution in [3.63, 3.8) is 0 Å². The van der Waals surface area contributed by atoms with Gasteiger partial charge >= 0.3 is 5.69 Å². The molecule has 0 atom stereocenters. The largest absolute Gasteiger partial charge is 0.345 e. The molecule has 3 aromatic rings. The Hall–Kier alpha value is -3.09. The lowest BCUT2D eigenvalue weighted by molar-refractivity contribution is -0.120. The summed E-state index contributed by atoms with van der Waals surface area (Å²) in [5, 5.41) is 0. The fourth-order valence-electron chi connectivity index (χ4n) is 3.43. The van der Waals surface area contributed by atoms with Crippen molar-refractivity contribution in [3.8, 4) is 22.6 Å². The van der Waals surface area contributed by atoms with Crippen LogP contribution in [-0.2, 0) is 4.79 Å². The van der Waals surface area contributed by atoms with Crippen molar-refractivity contribution in [2.24, 2.45) is 0 Å². The van der Waals surface area contributed by atoms with Crippen molar-refractivity contribution in [1.29, 1.82) is 0 Å². The minimum absolute atomic E-state index is 0.126. The first kappa shape index (κ1) is 16.4. The van der Waals surface area contributed by atoms with E-state index in [0.717, 1.165) is 24.1 Å². The fourth-order valence-corrected chi connectivity index (χ4v) is 3.43. The lowest BCUT2D eigenvalue weighted by Crippen LogP contribution is -2.19. The Balaban J connectivity index is 1.86. The van der Waals surface area contributed by atoms with Crippen LogP contribution in [-0.4, -0.2) is 25.3 Å². The molecule has 4 rings (SSSR count). The molecule has 1 aliphatic rings. The van der Waals surface area contributed by atoms with Crippen LogP contribution in [0.1, 0.15) is 31.7 Å². The van der Waals surface area contributed by atoms with Crippen LogP contribution in [0, 0.1) is 5.82 Å². The van der Waals surface area contributed by atoms with E-state index < -0.39 is 5.69 Å². The van der Waals surface area contributed by atoms with E-state index in [0.29, 0.717) is 24.2 Å². The number of carbonyl (C=O) groups excluding carboxylic acids is 1. The Morgan fingerprint density at radius 3 is 2.46 bits per heavy atom. The average molecular weight is 352 g/mol. The molecule has 0 amide bonds. The number of aromatic amines is 1. The second-order valence-electron chi connectivity index (χ2n) is 6.41. The maximum atomic E-state index is 13.3. The van der Waals surface area contributed by atoms with Gasteiger partial charge < -0.3 is 9.55 Å². The van der Waals surface area contributed by atoms with Gasteiger partial charge in [0.2, 0.25) is 0 Å². The maximum Gasteiger partial charge on any atom is 0.345 e. The molecule has 1 aromatic carbocycles. The van der Waals surface area contributed by atoms with Gasteiger partial charge in [-0.25, -0.2) is 19.2 Å². The summed E-state index contributed by atoms with van der Waals surface area (Å²) >= 11 is 0. The van der Waals surface area contributed by atoms with E-state index >= 15 is 0 Å². The third kappa shape index (κ3) is 3.08. The zero-order valence-corrected chi connectivity index (χ0v) is 14.0. The molecule has 0 unspecified atom stereocenters. The summed E-state index contributed by atoms with van der Waals surface area (Å²) in [5.74, 6) is -0.0446. The number of H-pyrrole nitrogens is 1. The number of carbonyl (C=O) groups is 1. The van der Waals surface area contributed by atoms with Gasteiger partial charge in [0.1, 0.15) is 11.6 Å². The van der Waals surface area contributed by atoms with E-state index in [9.17, 15) is 14.0 Å². The first-order valence-electron chi connectivity index (χ1n) is 8.52. The van der Waals surface area contributed by atoms with Gasteiger partial charge in [0.25, 0.3) is 0 Å². The highest BCUT2D eigenvalue weighted by molar-refractivity contribution is 5.79. The third-order valence-electron chi connectivity index (χ3n) is 4.75. The van der Waals surface area contributed by atoms with Crippen LogP contribution < -0.4 is 5.69 Å². The Labute approximate surface area is 148 Å². The normalized spacial score (nSPS) is 15.3. The Bertz CT molecular complexity index is 997. The van der Waals surface area contributed by atoms with E-state index in [1.807, 2.05) is 4.57 Å². The molecule has 0 spiro atoms. The predicted molar refractivity (Wildman–Crippen MR) is 94.0 cm³/mol. The molecule has 2 aromatic heterocycles. The number of nitrogens with zero attached hydrogens (tertiary/aromatic N) is 3. The number of rotatable bonds is 3. The number of hydrogen-bond donors (Lipinski definition) is 1. The van der Waals surface area contributed by atoms with E-state index in [-0.39, 0.29) is 17.6 Å². The summed E-state index contributed by atoms with van der Waals surface area (Å²) < 4.78 is 15.3. The molecule has 1 fully saturated rings. The van der Waals surface area contributed by atoms with Gasteiger partial charge in [0, 0.05) is 30.6 Å². The predicted octanol–water partition coefficient (Wildman–Crippen LogP) is 3.12. The molecule has 26 heavy (non-hydrogen) atoms. The quantitative estimate of drug-likeness (QED) is 0.785. The highest BCUT2D eigenvalue weighted by Crippen LogP contribution is 2.36. The van der Waals surface area contributed by atoms with E-state index in [1.54, 1.807) is 24.5 Å². The van der Waals surface area contributed by atoms with Crippen molar-refractivity contribution in [2.45, 2.75) is 31.7 Å². The van der Waals surface area contributed by atoms with Crippen LogP contribution in [0.3, 0.4) is 0 Å². The zero-order chi connectivity index (χ0) is 18.1. The number of halogens is 1. The summed E-state index contributed by atoms with van der Waals surface area (Å²) in [4.78, 5) is 34.3. The van der Waals surface area contributed by atoms with Crippen molar-refractivity contribution in [2.75, 3.05) is 0 Å². The minimum Gasteiger partial charge on any atom is -0.326 e. The molecule has 0 aliphatic heterocycles. The van der Waals surface area contributed by atoms with Crippen molar-refractivity contribution in [1.82, 2.24) is 19.5 Å². The number of aromatic nitrogens is 4. The van der Waals surface area contributed by atoms with Gasteiger partial charge in [-0.3, -0.25) is 4.79 Å². The van der Waals surface area contributed by atoms with Gasteiger partial charge in [0.05, 0.1) is 23.4 Å². The molecular weight excluding hydrogens is 335 g/mol. The Morgan fingerprint density at radius 2 is 1.77 bits per heavy atom. The standard InChI is InChI=1S/C19H17FN4O2/c20-13-3-1-12(2-4-13)17-18(16-9-10-21-19(26)23-16)24(11-22-17)14-5-7-15(25)8-6-14/h1-4,9-11,14H,5-8H2,(H,21,23,26). The molecule has 6 nitrogen and oxygen atoms in total. The van der Waals surface area contributed by atoms with Crippen LogP contribution >= 0.6 is 0 Å². The molecule has 0 bridgehead atoms. The maximum absolute atomic E-state index is 13.3. The van der Waals surface area contributed by atoms with Gasteiger partial charge in [-0.15, -0.1) is 0 Å². The van der Waals surface area contributed by atoms with Gasteiger partial charge in [-0.05, 0) is 43.2 Å². The fraction of sp³-hybridized carbons (Fsp3) is 0.263. The zero-order valence-electron chi connectivity index (χ0n) is 14.0. The average Bonchev–Trinajstić information content (AvgIpc) is 3.08.